The molecule has 4 rings (SSSR count). The monoisotopic (exact) mass is 436 g/mol. The maximum Gasteiger partial charge on any atom is 0.573 e. The summed E-state index contributed by atoms with van der Waals surface area (Å²) in [4.78, 5) is 0. The molecule has 0 heterocycles. The molecule has 0 spiro atoms. The van der Waals surface area contributed by atoms with E-state index >= 15 is 0 Å². The highest BCUT2D eigenvalue weighted by Gasteiger charge is 2.32. The number of fused-ring (bicyclic) bond motifs is 1. The van der Waals surface area contributed by atoms with E-state index in [0.29, 0.717) is 11.3 Å². The summed E-state index contributed by atoms with van der Waals surface area (Å²) in [5, 5.41) is 0.795. The van der Waals surface area contributed by atoms with Gasteiger partial charge in [0.1, 0.15) is 11.6 Å². The smallest absolute Gasteiger partial charge is 0.406 e. The predicted molar refractivity (Wildman–Crippen MR) is 116 cm³/mol. The summed E-state index contributed by atoms with van der Waals surface area (Å²) in [5.74, 6) is 2.05. The molecule has 5 heteroatoms. The zero-order valence-electron chi connectivity index (χ0n) is 18.2. The molecule has 0 radical (unpaired) electrons. The van der Waals surface area contributed by atoms with Crippen LogP contribution in [-0.4, -0.2) is 6.36 Å². The van der Waals surface area contributed by atoms with Crippen LogP contribution in [0.2, 0.25) is 0 Å². The van der Waals surface area contributed by atoms with Crippen molar-refractivity contribution in [3.05, 3.63) is 41.7 Å². The van der Waals surface area contributed by atoms with Crippen molar-refractivity contribution < 1.29 is 22.3 Å². The minimum Gasteiger partial charge on any atom is -0.406 e. The lowest BCUT2D eigenvalue weighted by Gasteiger charge is -2.38. The fourth-order valence-electron chi connectivity index (χ4n) is 6.03. The molecule has 1 nitrogen and oxygen atoms in total. The van der Waals surface area contributed by atoms with Gasteiger partial charge in [-0.25, -0.2) is 4.39 Å². The molecule has 0 aliphatic heterocycles. The molecular formula is C26H32F4O. The number of hydrogen-bond acceptors (Lipinski definition) is 1. The minimum absolute atomic E-state index is 0.169. The molecule has 0 bridgehead atoms. The molecule has 2 fully saturated rings. The summed E-state index contributed by atoms with van der Waals surface area (Å²) in [6.07, 6.45) is 7.92. The molecule has 0 amide bonds. The number of benzene rings is 2. The van der Waals surface area contributed by atoms with Crippen molar-refractivity contribution in [2.75, 3.05) is 0 Å². The number of alkyl halides is 3. The molecule has 170 valence electrons. The molecule has 0 atom stereocenters. The molecule has 2 aliphatic carbocycles. The molecule has 2 aliphatic rings. The minimum atomic E-state index is -4.78. The zero-order valence-corrected chi connectivity index (χ0v) is 18.2. The van der Waals surface area contributed by atoms with Crippen LogP contribution in [-0.2, 0) is 0 Å². The van der Waals surface area contributed by atoms with Crippen LogP contribution >= 0.6 is 0 Å². The third-order valence-corrected chi connectivity index (χ3v) is 7.63. The van der Waals surface area contributed by atoms with Crippen molar-refractivity contribution in [1.82, 2.24) is 0 Å². The first-order valence-electron chi connectivity index (χ1n) is 11.8. The summed E-state index contributed by atoms with van der Waals surface area (Å²) in [6, 6.07) is 7.36. The van der Waals surface area contributed by atoms with Gasteiger partial charge in [-0.15, -0.1) is 13.2 Å². The first kappa shape index (κ1) is 22.4. The van der Waals surface area contributed by atoms with Crippen LogP contribution in [0.1, 0.15) is 82.6 Å². The molecule has 2 saturated carbocycles. The lowest BCUT2D eigenvalue weighted by atomic mass is 9.68. The predicted octanol–water partition coefficient (Wildman–Crippen LogP) is 8.76. The quantitative estimate of drug-likeness (QED) is 0.426. The van der Waals surface area contributed by atoms with Crippen molar-refractivity contribution >= 4 is 10.8 Å². The van der Waals surface area contributed by atoms with E-state index in [2.05, 4.69) is 11.7 Å². The first-order valence-corrected chi connectivity index (χ1v) is 11.8. The Balaban J connectivity index is 1.39. The van der Waals surface area contributed by atoms with E-state index in [1.54, 1.807) is 0 Å². The Labute approximate surface area is 182 Å². The topological polar surface area (TPSA) is 9.23 Å². The molecule has 0 saturated heterocycles. The van der Waals surface area contributed by atoms with Crippen LogP contribution in [0.5, 0.6) is 5.75 Å². The first-order chi connectivity index (χ1) is 14.8. The highest BCUT2D eigenvalue weighted by molar-refractivity contribution is 5.85. The Hall–Kier alpha value is -1.78. The number of hydrogen-bond donors (Lipinski definition) is 0. The summed E-state index contributed by atoms with van der Waals surface area (Å²) in [7, 11) is 0. The molecule has 0 aromatic heterocycles. The van der Waals surface area contributed by atoms with Gasteiger partial charge >= 0.3 is 6.36 Å². The Morgan fingerprint density at radius 3 is 2.13 bits per heavy atom. The van der Waals surface area contributed by atoms with Crippen molar-refractivity contribution in [3.8, 4) is 5.75 Å². The number of ether oxygens (including phenoxy) is 1. The van der Waals surface area contributed by atoms with Crippen molar-refractivity contribution in [1.29, 1.82) is 0 Å². The Morgan fingerprint density at radius 2 is 1.52 bits per heavy atom. The molecule has 2 aromatic rings. The van der Waals surface area contributed by atoms with E-state index in [0.717, 1.165) is 42.2 Å². The normalized spacial score (nSPS) is 27.4. The van der Waals surface area contributed by atoms with Gasteiger partial charge < -0.3 is 4.74 Å². The van der Waals surface area contributed by atoms with E-state index < -0.39 is 12.2 Å². The van der Waals surface area contributed by atoms with Crippen molar-refractivity contribution in [2.45, 2.75) is 83.4 Å². The standard InChI is InChI=1S/C26H32F4O/c1-2-3-17-4-6-18(7-5-17)19-8-10-20(11-9-19)22-14-21-12-13-23(31-26(28,29)30)16-24(21)25(27)15-22/h12-20H,2-11H2,1H3. The molecular weight excluding hydrogens is 404 g/mol. The second kappa shape index (κ2) is 9.38. The average molecular weight is 437 g/mol. The Bertz CT molecular complexity index is 875. The third kappa shape index (κ3) is 5.53. The summed E-state index contributed by atoms with van der Waals surface area (Å²) < 4.78 is 56.0. The van der Waals surface area contributed by atoms with Crippen LogP contribution in [0.15, 0.2) is 30.3 Å². The molecule has 0 unspecified atom stereocenters. The maximum atomic E-state index is 14.7. The second-order valence-electron chi connectivity index (χ2n) is 9.61. The van der Waals surface area contributed by atoms with Gasteiger partial charge in [0.25, 0.3) is 0 Å². The van der Waals surface area contributed by atoms with Gasteiger partial charge in [-0.3, -0.25) is 0 Å². The summed E-state index contributed by atoms with van der Waals surface area (Å²) in [6.45, 7) is 2.28. The highest BCUT2D eigenvalue weighted by atomic mass is 19.4. The number of rotatable bonds is 5. The molecule has 31 heavy (non-hydrogen) atoms. The zero-order chi connectivity index (χ0) is 22.0. The van der Waals surface area contributed by atoms with Crippen LogP contribution < -0.4 is 4.74 Å². The molecule has 2 aromatic carbocycles. The van der Waals surface area contributed by atoms with Gasteiger partial charge in [-0.2, -0.15) is 0 Å². The fourth-order valence-corrected chi connectivity index (χ4v) is 6.03. The third-order valence-electron chi connectivity index (χ3n) is 7.63. The van der Waals surface area contributed by atoms with Gasteiger partial charge in [0.05, 0.1) is 0 Å². The summed E-state index contributed by atoms with van der Waals surface area (Å²) >= 11 is 0. The van der Waals surface area contributed by atoms with Gasteiger partial charge in [-0.1, -0.05) is 44.7 Å². The lowest BCUT2D eigenvalue weighted by molar-refractivity contribution is -0.274. The Morgan fingerprint density at radius 1 is 0.871 bits per heavy atom. The average Bonchev–Trinajstić information content (AvgIpc) is 2.74. The van der Waals surface area contributed by atoms with Crippen molar-refractivity contribution in [2.24, 2.45) is 17.8 Å². The largest absolute Gasteiger partial charge is 0.573 e. The van der Waals surface area contributed by atoms with E-state index in [1.807, 2.05) is 6.07 Å². The van der Waals surface area contributed by atoms with Gasteiger partial charge in [0.15, 0.2) is 0 Å². The Kier molecular flexibility index (Phi) is 6.78. The fraction of sp³-hybridized carbons (Fsp3) is 0.615. The van der Waals surface area contributed by atoms with Gasteiger partial charge in [0, 0.05) is 5.39 Å². The van der Waals surface area contributed by atoms with Crippen LogP contribution in [0.3, 0.4) is 0 Å². The number of halogens is 4. The van der Waals surface area contributed by atoms with Crippen LogP contribution in [0, 0.1) is 23.6 Å². The van der Waals surface area contributed by atoms with Crippen molar-refractivity contribution in [3.63, 3.8) is 0 Å². The van der Waals surface area contributed by atoms with Gasteiger partial charge in [0.2, 0.25) is 0 Å². The maximum absolute atomic E-state index is 14.7. The van der Waals surface area contributed by atoms with E-state index in [4.69, 9.17) is 0 Å². The lowest BCUT2D eigenvalue weighted by Crippen LogP contribution is -2.25. The SMILES string of the molecule is CCCC1CCC(C2CCC(c3cc(F)c4cc(OC(F)(F)F)ccc4c3)CC2)CC1. The second-order valence-corrected chi connectivity index (χ2v) is 9.61. The van der Waals surface area contributed by atoms with Crippen LogP contribution in [0.4, 0.5) is 17.6 Å². The van der Waals surface area contributed by atoms with Crippen LogP contribution in [0.25, 0.3) is 10.8 Å². The van der Waals surface area contributed by atoms with E-state index in [1.165, 1.54) is 69.6 Å². The highest BCUT2D eigenvalue weighted by Crippen LogP contribution is 2.45. The van der Waals surface area contributed by atoms with Gasteiger partial charge in [-0.05, 0) is 91.3 Å². The molecule has 0 N–H and O–H groups in total. The summed E-state index contributed by atoms with van der Waals surface area (Å²) in [5.41, 5.74) is 0.972. The van der Waals surface area contributed by atoms with E-state index in [-0.39, 0.29) is 11.1 Å². The van der Waals surface area contributed by atoms with E-state index in [9.17, 15) is 17.6 Å².